The summed E-state index contributed by atoms with van der Waals surface area (Å²) in [6.07, 6.45) is 1.83. The lowest BCUT2D eigenvalue weighted by atomic mass is 10.1. The van der Waals surface area contributed by atoms with Crippen molar-refractivity contribution < 1.29 is 14.2 Å². The number of benzene rings is 1. The molecule has 0 saturated carbocycles. The van der Waals surface area contributed by atoms with Gasteiger partial charge in [-0.15, -0.1) is 0 Å². The van der Waals surface area contributed by atoms with Gasteiger partial charge in [0.05, 0.1) is 13.7 Å². The van der Waals surface area contributed by atoms with Gasteiger partial charge in [0, 0.05) is 12.7 Å². The van der Waals surface area contributed by atoms with Crippen molar-refractivity contribution in [1.82, 2.24) is 0 Å². The van der Waals surface area contributed by atoms with E-state index in [0.717, 1.165) is 36.5 Å². The molecule has 0 amide bonds. The molecule has 4 heteroatoms. The topological polar surface area (TPSA) is 53.7 Å². The molecule has 0 fully saturated rings. The van der Waals surface area contributed by atoms with Crippen molar-refractivity contribution in [2.45, 2.75) is 19.8 Å². The van der Waals surface area contributed by atoms with Crippen molar-refractivity contribution >= 4 is 0 Å². The highest BCUT2D eigenvalue weighted by Gasteiger charge is 2.05. The minimum Gasteiger partial charge on any atom is -0.497 e. The minimum atomic E-state index is 0.546. The summed E-state index contributed by atoms with van der Waals surface area (Å²) >= 11 is 0. The molecule has 2 N–H and O–H groups in total. The normalized spacial score (nSPS) is 10.4. The summed E-state index contributed by atoms with van der Waals surface area (Å²) < 4.78 is 16.3. The molecule has 1 rings (SSSR count). The highest BCUT2D eigenvalue weighted by Crippen LogP contribution is 2.25. The van der Waals surface area contributed by atoms with Gasteiger partial charge in [0.25, 0.3) is 0 Å². The molecule has 0 bridgehead atoms. The Hall–Kier alpha value is -1.26. The molecule has 0 saturated heterocycles. The monoisotopic (exact) mass is 253 g/mol. The third-order valence-electron chi connectivity index (χ3n) is 2.52. The van der Waals surface area contributed by atoms with E-state index in [2.05, 4.69) is 6.92 Å². The molecule has 0 radical (unpaired) electrons. The summed E-state index contributed by atoms with van der Waals surface area (Å²) in [6.45, 7) is 4.62. The lowest BCUT2D eigenvalue weighted by Gasteiger charge is -2.12. The predicted octanol–water partition coefficient (Wildman–Crippen LogP) is 2.00. The van der Waals surface area contributed by atoms with Gasteiger partial charge in [-0.25, -0.2) is 0 Å². The Morgan fingerprint density at radius 1 is 1.17 bits per heavy atom. The van der Waals surface area contributed by atoms with E-state index in [-0.39, 0.29) is 0 Å². The SMILES string of the molecule is CCCOCCOc1cc(OC)ccc1CCN. The fraction of sp³-hybridized carbons (Fsp3) is 0.571. The lowest BCUT2D eigenvalue weighted by Crippen LogP contribution is -2.10. The zero-order valence-corrected chi connectivity index (χ0v) is 11.3. The molecule has 0 spiro atoms. The summed E-state index contributed by atoms with van der Waals surface area (Å²) in [6, 6.07) is 5.81. The van der Waals surface area contributed by atoms with Crippen LogP contribution in [0.4, 0.5) is 0 Å². The maximum absolute atomic E-state index is 5.72. The van der Waals surface area contributed by atoms with Gasteiger partial charge < -0.3 is 19.9 Å². The average Bonchev–Trinajstić information content (AvgIpc) is 2.40. The highest BCUT2D eigenvalue weighted by molar-refractivity contribution is 5.40. The Kier molecular flexibility index (Phi) is 7.22. The summed E-state index contributed by atoms with van der Waals surface area (Å²) in [5.41, 5.74) is 6.69. The second-order valence-corrected chi connectivity index (χ2v) is 3.97. The van der Waals surface area contributed by atoms with Crippen LogP contribution in [-0.4, -0.2) is 33.5 Å². The van der Waals surface area contributed by atoms with Gasteiger partial charge in [-0.2, -0.15) is 0 Å². The van der Waals surface area contributed by atoms with E-state index >= 15 is 0 Å². The Labute approximate surface area is 109 Å². The first-order chi connectivity index (χ1) is 8.81. The third-order valence-corrected chi connectivity index (χ3v) is 2.52. The molecule has 1 aromatic rings. The van der Waals surface area contributed by atoms with Gasteiger partial charge in [0.1, 0.15) is 18.1 Å². The van der Waals surface area contributed by atoms with Crippen LogP contribution in [0.25, 0.3) is 0 Å². The van der Waals surface area contributed by atoms with E-state index in [4.69, 9.17) is 19.9 Å². The Bertz CT molecular complexity index is 342. The first-order valence-corrected chi connectivity index (χ1v) is 6.39. The molecule has 0 atom stereocenters. The lowest BCUT2D eigenvalue weighted by molar-refractivity contribution is 0.100. The van der Waals surface area contributed by atoms with Crippen LogP contribution in [0.1, 0.15) is 18.9 Å². The molecule has 102 valence electrons. The van der Waals surface area contributed by atoms with Crippen LogP contribution in [0.2, 0.25) is 0 Å². The summed E-state index contributed by atoms with van der Waals surface area (Å²) in [5, 5.41) is 0. The second kappa shape index (κ2) is 8.78. The molecule has 1 aromatic carbocycles. The summed E-state index contributed by atoms with van der Waals surface area (Å²) in [4.78, 5) is 0. The smallest absolute Gasteiger partial charge is 0.126 e. The maximum Gasteiger partial charge on any atom is 0.126 e. The summed E-state index contributed by atoms with van der Waals surface area (Å²) in [5.74, 6) is 1.63. The highest BCUT2D eigenvalue weighted by atomic mass is 16.5. The zero-order valence-electron chi connectivity index (χ0n) is 11.3. The largest absolute Gasteiger partial charge is 0.497 e. The average molecular weight is 253 g/mol. The number of hydrogen-bond acceptors (Lipinski definition) is 4. The number of hydrogen-bond donors (Lipinski definition) is 1. The second-order valence-electron chi connectivity index (χ2n) is 3.97. The van der Waals surface area contributed by atoms with Gasteiger partial charge in [-0.05, 0) is 31.0 Å². The number of methoxy groups -OCH3 is 1. The standard InChI is InChI=1S/C14H23NO3/c1-3-8-17-9-10-18-14-11-13(16-2)5-4-12(14)6-7-15/h4-5,11H,3,6-10,15H2,1-2H3. The van der Waals surface area contributed by atoms with Crippen LogP contribution >= 0.6 is 0 Å². The molecule has 0 heterocycles. The van der Waals surface area contributed by atoms with Crippen molar-refractivity contribution in [3.63, 3.8) is 0 Å². The van der Waals surface area contributed by atoms with E-state index in [1.165, 1.54) is 0 Å². The molecule has 0 aliphatic carbocycles. The zero-order chi connectivity index (χ0) is 13.2. The number of ether oxygens (including phenoxy) is 3. The van der Waals surface area contributed by atoms with Crippen molar-refractivity contribution in [3.05, 3.63) is 23.8 Å². The fourth-order valence-electron chi connectivity index (χ4n) is 1.62. The van der Waals surface area contributed by atoms with Crippen molar-refractivity contribution in [3.8, 4) is 11.5 Å². The molecule has 0 unspecified atom stereocenters. The van der Waals surface area contributed by atoms with Crippen molar-refractivity contribution in [1.29, 1.82) is 0 Å². The van der Waals surface area contributed by atoms with Gasteiger partial charge >= 0.3 is 0 Å². The quantitative estimate of drug-likeness (QED) is 0.684. The Balaban J connectivity index is 2.54. The number of nitrogens with two attached hydrogens (primary N) is 1. The van der Waals surface area contributed by atoms with Gasteiger partial charge in [0.15, 0.2) is 0 Å². The van der Waals surface area contributed by atoms with Crippen LogP contribution in [-0.2, 0) is 11.2 Å². The molecule has 0 aromatic heterocycles. The summed E-state index contributed by atoms with van der Waals surface area (Å²) in [7, 11) is 1.64. The Morgan fingerprint density at radius 3 is 2.67 bits per heavy atom. The first-order valence-electron chi connectivity index (χ1n) is 6.39. The minimum absolute atomic E-state index is 0.546. The molecule has 0 aliphatic rings. The van der Waals surface area contributed by atoms with Crippen LogP contribution in [0.3, 0.4) is 0 Å². The van der Waals surface area contributed by atoms with E-state index in [9.17, 15) is 0 Å². The van der Waals surface area contributed by atoms with E-state index in [0.29, 0.717) is 19.8 Å². The predicted molar refractivity (Wildman–Crippen MR) is 72.4 cm³/mol. The Morgan fingerprint density at radius 2 is 2.00 bits per heavy atom. The van der Waals surface area contributed by atoms with E-state index in [1.807, 2.05) is 18.2 Å². The molecular weight excluding hydrogens is 230 g/mol. The van der Waals surface area contributed by atoms with Crippen molar-refractivity contribution in [2.75, 3.05) is 33.5 Å². The van der Waals surface area contributed by atoms with Crippen LogP contribution in [0.5, 0.6) is 11.5 Å². The van der Waals surface area contributed by atoms with Crippen LogP contribution in [0.15, 0.2) is 18.2 Å². The maximum atomic E-state index is 5.72. The van der Waals surface area contributed by atoms with Crippen molar-refractivity contribution in [2.24, 2.45) is 5.73 Å². The molecule has 18 heavy (non-hydrogen) atoms. The van der Waals surface area contributed by atoms with E-state index < -0.39 is 0 Å². The number of rotatable bonds is 9. The third kappa shape index (κ3) is 4.94. The first kappa shape index (κ1) is 14.8. The van der Waals surface area contributed by atoms with Gasteiger partial charge in [-0.1, -0.05) is 13.0 Å². The van der Waals surface area contributed by atoms with Crippen LogP contribution in [0, 0.1) is 0 Å². The van der Waals surface area contributed by atoms with Gasteiger partial charge in [-0.3, -0.25) is 0 Å². The van der Waals surface area contributed by atoms with Gasteiger partial charge in [0.2, 0.25) is 0 Å². The van der Waals surface area contributed by atoms with Crippen LogP contribution < -0.4 is 15.2 Å². The molecular formula is C14H23NO3. The fourth-order valence-corrected chi connectivity index (χ4v) is 1.62. The molecule has 0 aliphatic heterocycles. The van der Waals surface area contributed by atoms with E-state index in [1.54, 1.807) is 7.11 Å². The molecule has 4 nitrogen and oxygen atoms in total.